The number of carboxylic acid groups (broad SMARTS) is 1. The second kappa shape index (κ2) is 5.69. The minimum Gasteiger partial charge on any atom is -0.478 e. The zero-order chi connectivity index (χ0) is 14.2. The molecule has 0 aromatic heterocycles. The fraction of sp³-hybridized carbons (Fsp3) is 0.333. The Bertz CT molecular complexity index is 550. The van der Waals surface area contributed by atoms with Crippen LogP contribution >= 0.6 is 39.1 Å². The van der Waals surface area contributed by atoms with Crippen molar-refractivity contribution in [1.82, 2.24) is 0 Å². The molecule has 1 saturated heterocycles. The van der Waals surface area contributed by atoms with Gasteiger partial charge in [-0.3, -0.25) is 4.79 Å². The second-order valence-corrected chi connectivity index (χ2v) is 5.89. The largest absolute Gasteiger partial charge is 0.478 e. The minimum absolute atomic E-state index is 0.0400. The topological polar surface area (TPSA) is 57.6 Å². The Morgan fingerprint density at radius 2 is 2.21 bits per heavy atom. The summed E-state index contributed by atoms with van der Waals surface area (Å²) < 4.78 is 0.482. The van der Waals surface area contributed by atoms with Crippen molar-refractivity contribution in [3.05, 3.63) is 27.2 Å². The average Bonchev–Trinajstić information content (AvgIpc) is 2.73. The maximum Gasteiger partial charge on any atom is 0.337 e. The number of carbonyl (C=O) groups excluding carboxylic acids is 1. The van der Waals surface area contributed by atoms with Crippen molar-refractivity contribution in [1.29, 1.82) is 0 Å². The van der Waals surface area contributed by atoms with Crippen LogP contribution in [0.15, 0.2) is 16.6 Å². The van der Waals surface area contributed by atoms with Crippen LogP contribution in [0.5, 0.6) is 0 Å². The lowest BCUT2D eigenvalue weighted by atomic mass is 10.1. The van der Waals surface area contributed by atoms with E-state index in [1.807, 2.05) is 0 Å². The maximum absolute atomic E-state index is 11.9. The van der Waals surface area contributed by atoms with Gasteiger partial charge in [-0.2, -0.15) is 0 Å². The molecule has 2 rings (SSSR count). The van der Waals surface area contributed by atoms with E-state index >= 15 is 0 Å². The number of carbonyl (C=O) groups is 2. The zero-order valence-corrected chi connectivity index (χ0v) is 12.8. The van der Waals surface area contributed by atoms with E-state index in [4.69, 9.17) is 23.2 Å². The molecule has 1 aromatic carbocycles. The summed E-state index contributed by atoms with van der Waals surface area (Å²) in [5, 5.41) is 9.59. The molecule has 1 aliphatic heterocycles. The van der Waals surface area contributed by atoms with Crippen LogP contribution in [0.1, 0.15) is 16.8 Å². The molecule has 19 heavy (non-hydrogen) atoms. The first-order valence-electron chi connectivity index (χ1n) is 5.52. The molecule has 0 saturated carbocycles. The van der Waals surface area contributed by atoms with E-state index < -0.39 is 5.97 Å². The fourth-order valence-electron chi connectivity index (χ4n) is 2.05. The van der Waals surface area contributed by atoms with Crippen LogP contribution in [0.4, 0.5) is 5.69 Å². The number of alkyl halides is 1. The molecule has 0 bridgehead atoms. The van der Waals surface area contributed by atoms with Crippen molar-refractivity contribution in [3.63, 3.8) is 0 Å². The SMILES string of the molecule is O=C(O)c1cc(Br)c(Cl)cc1N1CC(CCl)CC1=O. The zero-order valence-electron chi connectivity index (χ0n) is 9.70. The number of hydrogen-bond acceptors (Lipinski definition) is 2. The number of amides is 1. The molecule has 7 heteroatoms. The summed E-state index contributed by atoms with van der Waals surface area (Å²) in [6.45, 7) is 0.417. The first kappa shape index (κ1) is 14.6. The Labute approximate surface area is 128 Å². The summed E-state index contributed by atoms with van der Waals surface area (Å²) in [6, 6.07) is 2.89. The van der Waals surface area contributed by atoms with Crippen LogP contribution in [0.2, 0.25) is 5.02 Å². The van der Waals surface area contributed by atoms with Crippen molar-refractivity contribution >= 4 is 56.7 Å². The molecular formula is C12H10BrCl2NO3. The molecule has 1 aliphatic rings. The first-order valence-corrected chi connectivity index (χ1v) is 7.23. The molecule has 1 heterocycles. The highest BCUT2D eigenvalue weighted by Crippen LogP contribution is 2.34. The summed E-state index contributed by atoms with van der Waals surface area (Å²) in [4.78, 5) is 24.6. The van der Waals surface area contributed by atoms with Gasteiger partial charge >= 0.3 is 5.97 Å². The number of nitrogens with zero attached hydrogens (tertiary/aromatic N) is 1. The lowest BCUT2D eigenvalue weighted by Gasteiger charge is -2.19. The molecule has 1 atom stereocenters. The van der Waals surface area contributed by atoms with Crippen molar-refractivity contribution in [2.75, 3.05) is 17.3 Å². The summed E-state index contributed by atoms with van der Waals surface area (Å²) in [6.07, 6.45) is 0.330. The Hall–Kier alpha value is -0.780. The van der Waals surface area contributed by atoms with Gasteiger partial charge in [0.05, 0.1) is 16.3 Å². The monoisotopic (exact) mass is 365 g/mol. The lowest BCUT2D eigenvalue weighted by molar-refractivity contribution is -0.117. The third kappa shape index (κ3) is 2.88. The smallest absolute Gasteiger partial charge is 0.337 e. The quantitative estimate of drug-likeness (QED) is 0.834. The van der Waals surface area contributed by atoms with E-state index in [9.17, 15) is 14.7 Å². The fourth-order valence-corrected chi connectivity index (χ4v) is 2.76. The predicted molar refractivity (Wildman–Crippen MR) is 77.3 cm³/mol. The Morgan fingerprint density at radius 1 is 1.53 bits per heavy atom. The van der Waals surface area contributed by atoms with E-state index in [1.165, 1.54) is 17.0 Å². The van der Waals surface area contributed by atoms with Crippen LogP contribution in [-0.2, 0) is 4.79 Å². The average molecular weight is 367 g/mol. The minimum atomic E-state index is -1.10. The summed E-state index contributed by atoms with van der Waals surface area (Å²) in [5.74, 6) is -0.825. The molecule has 0 aliphatic carbocycles. The summed E-state index contributed by atoms with van der Waals surface area (Å²) >= 11 is 14.9. The number of carboxylic acids is 1. The van der Waals surface area contributed by atoms with Crippen LogP contribution < -0.4 is 4.90 Å². The second-order valence-electron chi connectivity index (χ2n) is 4.32. The number of halogens is 3. The van der Waals surface area contributed by atoms with Gasteiger partial charge in [0.25, 0.3) is 0 Å². The highest BCUT2D eigenvalue weighted by Gasteiger charge is 2.32. The van der Waals surface area contributed by atoms with Crippen molar-refractivity contribution in [3.8, 4) is 0 Å². The van der Waals surface area contributed by atoms with Gasteiger partial charge in [-0.1, -0.05) is 11.6 Å². The van der Waals surface area contributed by atoms with Gasteiger partial charge in [-0.05, 0) is 34.0 Å². The number of anilines is 1. The van der Waals surface area contributed by atoms with Crippen molar-refractivity contribution in [2.24, 2.45) is 5.92 Å². The molecule has 4 nitrogen and oxygen atoms in total. The Kier molecular flexibility index (Phi) is 4.38. The first-order chi connectivity index (χ1) is 8.93. The normalized spacial score (nSPS) is 19.0. The third-order valence-electron chi connectivity index (χ3n) is 2.98. The molecule has 0 radical (unpaired) electrons. The third-order valence-corrected chi connectivity index (χ3v) is 4.62. The molecule has 0 spiro atoms. The number of rotatable bonds is 3. The molecule has 102 valence electrons. The molecule has 1 unspecified atom stereocenters. The number of aromatic carboxylic acids is 1. The maximum atomic E-state index is 11.9. The van der Waals surface area contributed by atoms with Crippen molar-refractivity contribution < 1.29 is 14.7 Å². The Balaban J connectivity index is 2.47. The predicted octanol–water partition coefficient (Wildman–Crippen LogP) is 3.39. The van der Waals surface area contributed by atoms with E-state index in [0.29, 0.717) is 34.0 Å². The van der Waals surface area contributed by atoms with Gasteiger partial charge in [0, 0.05) is 23.3 Å². The highest BCUT2D eigenvalue weighted by atomic mass is 79.9. The standard InChI is InChI=1S/C12H10BrCl2NO3/c13-8-2-7(12(18)19)10(3-9(8)15)16-5-6(4-14)1-11(16)17/h2-3,6H,1,4-5H2,(H,18,19). The van der Waals surface area contributed by atoms with Gasteiger partial charge in [-0.15, -0.1) is 11.6 Å². The van der Waals surface area contributed by atoms with Crippen molar-refractivity contribution in [2.45, 2.75) is 6.42 Å². The van der Waals surface area contributed by atoms with Crippen LogP contribution in [0.3, 0.4) is 0 Å². The molecule has 1 aromatic rings. The summed E-state index contributed by atoms with van der Waals surface area (Å²) in [7, 11) is 0. The van der Waals surface area contributed by atoms with Crippen LogP contribution in [-0.4, -0.2) is 29.4 Å². The van der Waals surface area contributed by atoms with Gasteiger partial charge in [0.2, 0.25) is 5.91 Å². The van der Waals surface area contributed by atoms with E-state index in [0.717, 1.165) is 0 Å². The molecule has 1 N–H and O–H groups in total. The van der Waals surface area contributed by atoms with Gasteiger partial charge in [-0.25, -0.2) is 4.79 Å². The Morgan fingerprint density at radius 3 is 2.74 bits per heavy atom. The summed E-state index contributed by atoms with van der Waals surface area (Å²) in [5.41, 5.74) is 0.359. The van der Waals surface area contributed by atoms with E-state index in [2.05, 4.69) is 15.9 Å². The van der Waals surface area contributed by atoms with Crippen LogP contribution in [0.25, 0.3) is 0 Å². The van der Waals surface area contributed by atoms with Gasteiger partial charge in [0.15, 0.2) is 0 Å². The van der Waals surface area contributed by atoms with E-state index in [-0.39, 0.29) is 17.4 Å². The molecule has 1 amide bonds. The lowest BCUT2D eigenvalue weighted by Crippen LogP contribution is -2.26. The van der Waals surface area contributed by atoms with Crippen LogP contribution in [0, 0.1) is 5.92 Å². The van der Waals surface area contributed by atoms with Gasteiger partial charge < -0.3 is 10.0 Å². The van der Waals surface area contributed by atoms with E-state index in [1.54, 1.807) is 0 Å². The molecule has 1 fully saturated rings. The van der Waals surface area contributed by atoms with Gasteiger partial charge in [0.1, 0.15) is 0 Å². The highest BCUT2D eigenvalue weighted by molar-refractivity contribution is 9.10. The number of hydrogen-bond donors (Lipinski definition) is 1. The molecular weight excluding hydrogens is 357 g/mol. The number of benzene rings is 1.